The molecular formula is C25H32N2O3. The zero-order chi connectivity index (χ0) is 22.0. The van der Waals surface area contributed by atoms with E-state index in [9.17, 15) is 9.59 Å². The third-order valence-corrected chi connectivity index (χ3v) is 4.36. The lowest BCUT2D eigenvalue weighted by molar-refractivity contribution is -0.148. The molecule has 0 bridgehead atoms. The maximum Gasteiger partial charge on any atom is 0.330 e. The van der Waals surface area contributed by atoms with Gasteiger partial charge < -0.3 is 15.0 Å². The summed E-state index contributed by atoms with van der Waals surface area (Å²) >= 11 is 0. The predicted molar refractivity (Wildman–Crippen MR) is 120 cm³/mol. The second-order valence-corrected chi connectivity index (χ2v) is 8.27. The largest absolute Gasteiger partial charge is 0.457 e. The number of rotatable bonds is 9. The molecule has 1 atom stereocenters. The average molecular weight is 409 g/mol. The van der Waals surface area contributed by atoms with E-state index < -0.39 is 17.6 Å². The highest BCUT2D eigenvalue weighted by Crippen LogP contribution is 2.09. The molecule has 0 aliphatic rings. The number of likely N-dealkylation sites (N-methyl/N-ethyl adjacent to an activating group) is 1. The molecule has 0 aliphatic heterocycles. The number of hydrogen-bond acceptors (Lipinski definition) is 4. The number of nitrogens with one attached hydrogen (secondary N) is 1. The average Bonchev–Trinajstić information content (AvgIpc) is 2.70. The number of esters is 1. The Labute approximate surface area is 179 Å². The van der Waals surface area contributed by atoms with Crippen LogP contribution < -0.4 is 5.32 Å². The van der Waals surface area contributed by atoms with Gasteiger partial charge in [-0.05, 0) is 38.3 Å². The first kappa shape index (κ1) is 23.4. The van der Waals surface area contributed by atoms with Crippen LogP contribution in [0.3, 0.4) is 0 Å². The highest BCUT2D eigenvalue weighted by Gasteiger charge is 2.22. The first-order valence-electron chi connectivity index (χ1n) is 10.2. The number of ether oxygens (including phenoxy) is 1. The lowest BCUT2D eigenvalue weighted by Crippen LogP contribution is -2.46. The SMILES string of the molecule is CN(Cc1ccccc1)C(=O)[C@H](Cc1ccccc1)NCC=CC(=O)OC(C)(C)C. The fraction of sp³-hybridized carbons (Fsp3) is 0.360. The topological polar surface area (TPSA) is 58.6 Å². The summed E-state index contributed by atoms with van der Waals surface area (Å²) in [6, 6.07) is 19.4. The Morgan fingerprint density at radius 1 is 1.00 bits per heavy atom. The first-order valence-corrected chi connectivity index (χ1v) is 10.2. The molecule has 0 unspecified atom stereocenters. The summed E-state index contributed by atoms with van der Waals surface area (Å²) < 4.78 is 5.26. The number of nitrogens with zero attached hydrogens (tertiary/aromatic N) is 1. The van der Waals surface area contributed by atoms with Crippen LogP contribution in [-0.4, -0.2) is 42.0 Å². The van der Waals surface area contributed by atoms with Crippen molar-refractivity contribution in [1.82, 2.24) is 10.2 Å². The third kappa shape index (κ3) is 8.62. The monoisotopic (exact) mass is 408 g/mol. The number of hydrogen-bond donors (Lipinski definition) is 1. The van der Waals surface area contributed by atoms with Gasteiger partial charge in [0, 0.05) is 26.2 Å². The summed E-state index contributed by atoms with van der Waals surface area (Å²) in [6.07, 6.45) is 3.66. The van der Waals surface area contributed by atoms with Crippen molar-refractivity contribution in [3.8, 4) is 0 Å². The van der Waals surface area contributed by atoms with Crippen molar-refractivity contribution in [2.75, 3.05) is 13.6 Å². The Balaban J connectivity index is 2.01. The van der Waals surface area contributed by atoms with E-state index in [0.717, 1.165) is 11.1 Å². The Kier molecular flexibility index (Phi) is 8.81. The van der Waals surface area contributed by atoms with Gasteiger partial charge in [-0.25, -0.2) is 4.79 Å². The molecule has 30 heavy (non-hydrogen) atoms. The summed E-state index contributed by atoms with van der Waals surface area (Å²) in [4.78, 5) is 26.7. The molecule has 0 heterocycles. The number of benzene rings is 2. The van der Waals surface area contributed by atoms with E-state index >= 15 is 0 Å². The van der Waals surface area contributed by atoms with Crippen molar-refractivity contribution in [2.45, 2.75) is 45.4 Å². The molecule has 5 nitrogen and oxygen atoms in total. The van der Waals surface area contributed by atoms with Crippen molar-refractivity contribution < 1.29 is 14.3 Å². The first-order chi connectivity index (χ1) is 14.2. The van der Waals surface area contributed by atoms with E-state index in [4.69, 9.17) is 4.74 Å². The predicted octanol–water partition coefficient (Wildman–Crippen LogP) is 3.74. The summed E-state index contributed by atoms with van der Waals surface area (Å²) in [5.74, 6) is -0.384. The molecule has 0 aromatic heterocycles. The highest BCUT2D eigenvalue weighted by molar-refractivity contribution is 5.83. The second kappa shape index (κ2) is 11.3. The Hall–Kier alpha value is -2.92. The van der Waals surface area contributed by atoms with Crippen LogP contribution in [0.2, 0.25) is 0 Å². The molecule has 2 aromatic carbocycles. The lowest BCUT2D eigenvalue weighted by atomic mass is 10.0. The van der Waals surface area contributed by atoms with E-state index in [1.165, 1.54) is 6.08 Å². The third-order valence-electron chi connectivity index (χ3n) is 4.36. The smallest absolute Gasteiger partial charge is 0.330 e. The molecule has 5 heteroatoms. The molecule has 0 saturated heterocycles. The normalized spacial score (nSPS) is 12.5. The van der Waals surface area contributed by atoms with Gasteiger partial charge >= 0.3 is 5.97 Å². The second-order valence-electron chi connectivity index (χ2n) is 8.27. The summed E-state index contributed by atoms with van der Waals surface area (Å²) in [5.41, 5.74) is 1.63. The van der Waals surface area contributed by atoms with Gasteiger partial charge in [0.2, 0.25) is 5.91 Å². The van der Waals surface area contributed by atoms with E-state index in [2.05, 4.69) is 5.32 Å². The van der Waals surface area contributed by atoms with Gasteiger partial charge in [-0.1, -0.05) is 66.7 Å². The van der Waals surface area contributed by atoms with Crippen LogP contribution in [0.5, 0.6) is 0 Å². The highest BCUT2D eigenvalue weighted by atomic mass is 16.6. The summed E-state index contributed by atoms with van der Waals surface area (Å²) in [5, 5.41) is 3.27. The van der Waals surface area contributed by atoms with Crippen molar-refractivity contribution in [2.24, 2.45) is 0 Å². The van der Waals surface area contributed by atoms with E-state index in [-0.39, 0.29) is 5.91 Å². The fourth-order valence-electron chi connectivity index (χ4n) is 3.00. The van der Waals surface area contributed by atoms with Gasteiger partial charge in [-0.15, -0.1) is 0 Å². The minimum absolute atomic E-state index is 0.00775. The van der Waals surface area contributed by atoms with E-state index in [1.54, 1.807) is 11.0 Å². The quantitative estimate of drug-likeness (QED) is 0.507. The van der Waals surface area contributed by atoms with Gasteiger partial charge in [0.15, 0.2) is 0 Å². The standard InChI is InChI=1S/C25H32N2O3/c1-25(2,3)30-23(28)16-11-17-26-22(18-20-12-7-5-8-13-20)24(29)27(4)19-21-14-9-6-10-15-21/h5-16,22,26H,17-19H2,1-4H3/t22-/m0/s1. The Morgan fingerprint density at radius 2 is 1.57 bits per heavy atom. The van der Waals surface area contributed by atoms with E-state index in [1.807, 2.05) is 88.5 Å². The molecule has 0 spiro atoms. The molecule has 0 fully saturated rings. The van der Waals surface area contributed by atoms with Crippen LogP contribution in [-0.2, 0) is 27.3 Å². The molecule has 1 amide bonds. The maximum absolute atomic E-state index is 13.1. The van der Waals surface area contributed by atoms with Crippen LogP contribution >= 0.6 is 0 Å². The molecular weight excluding hydrogens is 376 g/mol. The summed E-state index contributed by atoms with van der Waals surface area (Å²) in [6.45, 7) is 6.42. The van der Waals surface area contributed by atoms with Crippen LogP contribution in [0.15, 0.2) is 72.8 Å². The molecule has 1 N–H and O–H groups in total. The Bertz CT molecular complexity index is 826. The van der Waals surface area contributed by atoms with Crippen molar-refractivity contribution in [3.05, 3.63) is 83.9 Å². The number of amides is 1. The van der Waals surface area contributed by atoms with Crippen LogP contribution in [0.1, 0.15) is 31.9 Å². The maximum atomic E-state index is 13.1. The summed E-state index contributed by atoms with van der Waals surface area (Å²) in [7, 11) is 1.81. The molecule has 2 rings (SSSR count). The Morgan fingerprint density at radius 3 is 2.13 bits per heavy atom. The minimum Gasteiger partial charge on any atom is -0.457 e. The number of carbonyl (C=O) groups excluding carboxylic acids is 2. The molecule has 0 saturated carbocycles. The van der Waals surface area contributed by atoms with Gasteiger partial charge in [-0.3, -0.25) is 4.79 Å². The van der Waals surface area contributed by atoms with Crippen LogP contribution in [0.25, 0.3) is 0 Å². The minimum atomic E-state index is -0.527. The molecule has 0 radical (unpaired) electrons. The number of carbonyl (C=O) groups is 2. The van der Waals surface area contributed by atoms with Gasteiger partial charge in [0.05, 0.1) is 6.04 Å². The van der Waals surface area contributed by atoms with Gasteiger partial charge in [0.1, 0.15) is 5.60 Å². The van der Waals surface area contributed by atoms with Crippen molar-refractivity contribution in [1.29, 1.82) is 0 Å². The van der Waals surface area contributed by atoms with Gasteiger partial charge in [0.25, 0.3) is 0 Å². The van der Waals surface area contributed by atoms with Gasteiger partial charge in [-0.2, -0.15) is 0 Å². The molecule has 2 aromatic rings. The lowest BCUT2D eigenvalue weighted by Gasteiger charge is -2.25. The zero-order valence-corrected chi connectivity index (χ0v) is 18.3. The zero-order valence-electron chi connectivity index (χ0n) is 18.3. The fourth-order valence-corrected chi connectivity index (χ4v) is 3.00. The molecule has 0 aliphatic carbocycles. The van der Waals surface area contributed by atoms with Crippen molar-refractivity contribution >= 4 is 11.9 Å². The van der Waals surface area contributed by atoms with Crippen LogP contribution in [0.4, 0.5) is 0 Å². The van der Waals surface area contributed by atoms with Crippen molar-refractivity contribution in [3.63, 3.8) is 0 Å². The molecule has 160 valence electrons. The van der Waals surface area contributed by atoms with Crippen LogP contribution in [0, 0.1) is 0 Å². The van der Waals surface area contributed by atoms with E-state index in [0.29, 0.717) is 19.5 Å².